The van der Waals surface area contributed by atoms with Crippen LogP contribution in [0, 0.1) is 18.3 Å². The number of rotatable bonds is 2. The number of carbonyl (C=O) groups excluding carboxylic acids is 2. The summed E-state index contributed by atoms with van der Waals surface area (Å²) in [6, 6.07) is 0. The molecule has 0 saturated carbocycles. The summed E-state index contributed by atoms with van der Waals surface area (Å²) in [4.78, 5) is 20.0. The Morgan fingerprint density at radius 1 is 1.88 bits per heavy atom. The average Bonchev–Trinajstić information content (AvgIpc) is 1.69. The van der Waals surface area contributed by atoms with Gasteiger partial charge in [-0.2, -0.15) is 0 Å². The van der Waals surface area contributed by atoms with E-state index in [-0.39, 0.29) is 5.78 Å². The molecule has 0 rings (SSSR count). The Morgan fingerprint density at radius 2 is 2.38 bits per heavy atom. The Balaban J connectivity index is 3.95. The lowest BCUT2D eigenvalue weighted by molar-refractivity contribution is -0.123. The van der Waals surface area contributed by atoms with Crippen molar-refractivity contribution in [2.45, 2.75) is 6.92 Å². The Labute approximate surface area is 47.9 Å². The predicted molar refractivity (Wildman–Crippen MR) is 29.1 cm³/mol. The monoisotopic (exact) mass is 110 g/mol. The van der Waals surface area contributed by atoms with E-state index in [4.69, 9.17) is 6.42 Å². The quantitative estimate of drug-likeness (QED) is 0.285. The normalized spacial score (nSPS) is 11.5. The fourth-order valence-corrected chi connectivity index (χ4v) is 0.252. The highest BCUT2D eigenvalue weighted by Crippen LogP contribution is 1.87. The maximum atomic E-state index is 10.2. The molecular weight excluding hydrogens is 104 g/mol. The van der Waals surface area contributed by atoms with E-state index >= 15 is 0 Å². The van der Waals surface area contributed by atoms with Gasteiger partial charge in [0.25, 0.3) is 0 Å². The molecule has 0 amide bonds. The fraction of sp³-hybridized carbons (Fsp3) is 0.333. The molecule has 1 unspecified atom stereocenters. The van der Waals surface area contributed by atoms with Gasteiger partial charge in [-0.15, -0.1) is 6.42 Å². The highest BCUT2D eigenvalue weighted by molar-refractivity contribution is 5.94. The third-order valence-corrected chi connectivity index (χ3v) is 0.754. The standard InChI is InChI=1S/C6H6O2/c1-3-6(4-7)5(2)8/h1,4,6H,2H3. The van der Waals surface area contributed by atoms with Gasteiger partial charge in [0, 0.05) is 0 Å². The second-order valence-corrected chi connectivity index (χ2v) is 1.39. The summed E-state index contributed by atoms with van der Waals surface area (Å²) in [7, 11) is 0. The summed E-state index contributed by atoms with van der Waals surface area (Å²) in [6.45, 7) is 1.29. The van der Waals surface area contributed by atoms with Crippen molar-refractivity contribution >= 4 is 12.1 Å². The molecule has 2 heteroatoms. The van der Waals surface area contributed by atoms with E-state index in [0.717, 1.165) is 0 Å². The van der Waals surface area contributed by atoms with E-state index in [0.29, 0.717) is 6.29 Å². The van der Waals surface area contributed by atoms with E-state index < -0.39 is 5.92 Å². The molecule has 0 aliphatic heterocycles. The lowest BCUT2D eigenvalue weighted by Crippen LogP contribution is -2.08. The Bertz CT molecular complexity index is 141. The molecule has 0 N–H and O–H groups in total. The minimum absolute atomic E-state index is 0.275. The fourth-order valence-electron chi connectivity index (χ4n) is 0.252. The molecule has 0 bridgehead atoms. The topological polar surface area (TPSA) is 34.1 Å². The zero-order valence-electron chi connectivity index (χ0n) is 4.55. The minimum atomic E-state index is -0.838. The number of terminal acetylenes is 1. The SMILES string of the molecule is C#CC(C=O)C(C)=O. The number of carbonyl (C=O) groups is 2. The molecule has 2 nitrogen and oxygen atoms in total. The summed E-state index contributed by atoms with van der Waals surface area (Å²) in [5.74, 6) is 0.920. The first-order valence-corrected chi connectivity index (χ1v) is 2.14. The van der Waals surface area contributed by atoms with Crippen LogP contribution in [0.15, 0.2) is 0 Å². The zero-order valence-corrected chi connectivity index (χ0v) is 4.55. The average molecular weight is 110 g/mol. The Morgan fingerprint density at radius 3 is 2.38 bits per heavy atom. The first-order valence-electron chi connectivity index (χ1n) is 2.14. The smallest absolute Gasteiger partial charge is 0.151 e. The van der Waals surface area contributed by atoms with E-state index in [1.807, 2.05) is 5.92 Å². The van der Waals surface area contributed by atoms with Crippen LogP contribution in [-0.4, -0.2) is 12.1 Å². The third kappa shape index (κ3) is 1.57. The van der Waals surface area contributed by atoms with Crippen LogP contribution >= 0.6 is 0 Å². The van der Waals surface area contributed by atoms with E-state index in [1.165, 1.54) is 6.92 Å². The van der Waals surface area contributed by atoms with Gasteiger partial charge in [-0.25, -0.2) is 0 Å². The van der Waals surface area contributed by atoms with Gasteiger partial charge in [0.2, 0.25) is 0 Å². The molecule has 0 fully saturated rings. The molecule has 42 valence electrons. The van der Waals surface area contributed by atoms with Crippen molar-refractivity contribution in [1.82, 2.24) is 0 Å². The molecule has 0 spiro atoms. The molecule has 0 radical (unpaired) electrons. The molecule has 0 saturated heterocycles. The Hall–Kier alpha value is -1.10. The van der Waals surface area contributed by atoms with Crippen molar-refractivity contribution in [3.63, 3.8) is 0 Å². The van der Waals surface area contributed by atoms with Crippen LogP contribution in [0.4, 0.5) is 0 Å². The molecule has 0 aliphatic carbocycles. The number of ketones is 1. The summed E-state index contributed by atoms with van der Waals surface area (Å²) < 4.78 is 0. The molecule has 0 heterocycles. The summed E-state index contributed by atoms with van der Waals surface area (Å²) in [5.41, 5.74) is 0. The molecule has 8 heavy (non-hydrogen) atoms. The van der Waals surface area contributed by atoms with Crippen LogP contribution in [-0.2, 0) is 9.59 Å². The van der Waals surface area contributed by atoms with Crippen LogP contribution in [0.3, 0.4) is 0 Å². The van der Waals surface area contributed by atoms with Crippen LogP contribution in [0.25, 0.3) is 0 Å². The third-order valence-electron chi connectivity index (χ3n) is 0.754. The second kappa shape index (κ2) is 2.98. The van der Waals surface area contributed by atoms with Gasteiger partial charge in [0.15, 0.2) is 5.78 Å². The van der Waals surface area contributed by atoms with Crippen LogP contribution in [0.2, 0.25) is 0 Å². The van der Waals surface area contributed by atoms with E-state index in [2.05, 4.69) is 0 Å². The highest BCUT2D eigenvalue weighted by Gasteiger charge is 2.06. The van der Waals surface area contributed by atoms with Gasteiger partial charge in [0.1, 0.15) is 12.2 Å². The molecule has 0 aromatic rings. The van der Waals surface area contributed by atoms with Gasteiger partial charge in [-0.3, -0.25) is 4.79 Å². The number of hydrogen-bond acceptors (Lipinski definition) is 2. The second-order valence-electron chi connectivity index (χ2n) is 1.39. The minimum Gasteiger partial charge on any atom is -0.301 e. The number of aldehydes is 1. The van der Waals surface area contributed by atoms with Crippen molar-refractivity contribution in [2.24, 2.45) is 5.92 Å². The van der Waals surface area contributed by atoms with E-state index in [1.54, 1.807) is 0 Å². The largest absolute Gasteiger partial charge is 0.301 e. The summed E-state index contributed by atoms with van der Waals surface area (Å²) in [5, 5.41) is 0. The molecular formula is C6H6O2. The first kappa shape index (κ1) is 6.90. The predicted octanol–water partition coefficient (Wildman–Crippen LogP) is 0.0237. The van der Waals surface area contributed by atoms with Crippen LogP contribution in [0.1, 0.15) is 6.92 Å². The number of Topliss-reactive ketones (excluding diaryl/α,β-unsaturated/α-hetero) is 1. The molecule has 0 aromatic carbocycles. The van der Waals surface area contributed by atoms with Gasteiger partial charge >= 0.3 is 0 Å². The maximum Gasteiger partial charge on any atom is 0.151 e. The van der Waals surface area contributed by atoms with Crippen molar-refractivity contribution < 1.29 is 9.59 Å². The van der Waals surface area contributed by atoms with Gasteiger partial charge in [-0.05, 0) is 6.92 Å². The Kier molecular flexibility index (Phi) is 2.57. The van der Waals surface area contributed by atoms with Crippen LogP contribution in [0.5, 0.6) is 0 Å². The van der Waals surface area contributed by atoms with Crippen molar-refractivity contribution in [1.29, 1.82) is 0 Å². The molecule has 0 aromatic heterocycles. The van der Waals surface area contributed by atoms with Gasteiger partial charge in [0.05, 0.1) is 0 Å². The van der Waals surface area contributed by atoms with Crippen LogP contribution < -0.4 is 0 Å². The maximum absolute atomic E-state index is 10.2. The van der Waals surface area contributed by atoms with E-state index in [9.17, 15) is 9.59 Å². The lowest BCUT2D eigenvalue weighted by Gasteiger charge is -1.89. The highest BCUT2D eigenvalue weighted by atomic mass is 16.1. The van der Waals surface area contributed by atoms with Gasteiger partial charge < -0.3 is 4.79 Å². The molecule has 1 atom stereocenters. The number of hydrogen-bond donors (Lipinski definition) is 0. The zero-order chi connectivity index (χ0) is 6.57. The van der Waals surface area contributed by atoms with Gasteiger partial charge in [-0.1, -0.05) is 5.92 Å². The van der Waals surface area contributed by atoms with Crippen molar-refractivity contribution in [3.8, 4) is 12.3 Å². The van der Waals surface area contributed by atoms with Crippen molar-refractivity contribution in [3.05, 3.63) is 0 Å². The lowest BCUT2D eigenvalue weighted by atomic mass is 10.1. The summed E-state index contributed by atoms with van der Waals surface area (Å²) >= 11 is 0. The van der Waals surface area contributed by atoms with Crippen molar-refractivity contribution in [2.75, 3.05) is 0 Å². The molecule has 0 aliphatic rings. The summed E-state index contributed by atoms with van der Waals surface area (Å²) in [6.07, 6.45) is 5.24. The first-order chi connectivity index (χ1) is 3.72.